The van der Waals surface area contributed by atoms with Crippen LogP contribution in [0, 0.1) is 0 Å². The van der Waals surface area contributed by atoms with E-state index in [0.717, 1.165) is 0 Å². The maximum atomic E-state index is 12.3. The van der Waals surface area contributed by atoms with Gasteiger partial charge in [0.15, 0.2) is 0 Å². The molecule has 0 radical (unpaired) electrons. The smallest absolute Gasteiger partial charge is 0.307 e. The lowest BCUT2D eigenvalue weighted by molar-refractivity contribution is -0.153. The SMILES string of the molecule is O=C1CC2CCC(CC(F)(F)F)(C1)N2. The Morgan fingerprint density at radius 2 is 2.21 bits per heavy atom. The van der Waals surface area contributed by atoms with E-state index in [1.807, 2.05) is 0 Å². The van der Waals surface area contributed by atoms with Gasteiger partial charge in [-0.3, -0.25) is 4.79 Å². The van der Waals surface area contributed by atoms with Crippen molar-refractivity contribution in [1.82, 2.24) is 5.32 Å². The van der Waals surface area contributed by atoms with Gasteiger partial charge in [0.05, 0.1) is 6.42 Å². The van der Waals surface area contributed by atoms with Gasteiger partial charge < -0.3 is 5.32 Å². The van der Waals surface area contributed by atoms with Crippen molar-refractivity contribution in [2.45, 2.75) is 49.9 Å². The Hall–Kier alpha value is -0.580. The number of nitrogens with one attached hydrogen (secondary N) is 1. The maximum Gasteiger partial charge on any atom is 0.390 e. The molecule has 2 heterocycles. The molecule has 80 valence electrons. The molecule has 0 amide bonds. The molecule has 2 aliphatic heterocycles. The van der Waals surface area contributed by atoms with E-state index in [4.69, 9.17) is 0 Å². The van der Waals surface area contributed by atoms with Crippen LogP contribution in [-0.2, 0) is 4.79 Å². The van der Waals surface area contributed by atoms with Gasteiger partial charge in [-0.25, -0.2) is 0 Å². The Bertz CT molecular complexity index is 263. The first-order valence-corrected chi connectivity index (χ1v) is 4.75. The molecule has 2 rings (SSSR count). The second-order valence-corrected chi connectivity index (χ2v) is 4.37. The van der Waals surface area contributed by atoms with Crippen LogP contribution >= 0.6 is 0 Å². The van der Waals surface area contributed by atoms with E-state index in [0.29, 0.717) is 19.3 Å². The molecule has 0 aromatic heterocycles. The van der Waals surface area contributed by atoms with Gasteiger partial charge >= 0.3 is 6.18 Å². The lowest BCUT2D eigenvalue weighted by Crippen LogP contribution is -2.51. The summed E-state index contributed by atoms with van der Waals surface area (Å²) < 4.78 is 36.8. The molecule has 5 heteroatoms. The quantitative estimate of drug-likeness (QED) is 0.710. The molecule has 0 aliphatic carbocycles. The zero-order valence-electron chi connectivity index (χ0n) is 7.66. The highest BCUT2D eigenvalue weighted by Crippen LogP contribution is 2.41. The van der Waals surface area contributed by atoms with Gasteiger partial charge in [0.1, 0.15) is 5.78 Å². The minimum absolute atomic E-state index is 0.0152. The van der Waals surface area contributed by atoms with E-state index in [2.05, 4.69) is 5.32 Å². The highest BCUT2D eigenvalue weighted by molar-refractivity contribution is 5.81. The van der Waals surface area contributed by atoms with Crippen molar-refractivity contribution >= 4 is 5.78 Å². The summed E-state index contributed by atoms with van der Waals surface area (Å²) >= 11 is 0. The van der Waals surface area contributed by atoms with Crippen LogP contribution in [0.15, 0.2) is 0 Å². The topological polar surface area (TPSA) is 29.1 Å². The monoisotopic (exact) mass is 207 g/mol. The fourth-order valence-electron chi connectivity index (χ4n) is 2.63. The predicted octanol–water partition coefficient (Wildman–Crippen LogP) is 1.79. The summed E-state index contributed by atoms with van der Waals surface area (Å²) in [5.41, 5.74) is -0.974. The van der Waals surface area contributed by atoms with Gasteiger partial charge in [0, 0.05) is 24.4 Å². The average Bonchev–Trinajstić information content (AvgIpc) is 2.22. The molecule has 0 saturated carbocycles. The summed E-state index contributed by atoms with van der Waals surface area (Å²) in [4.78, 5) is 11.2. The molecule has 0 aromatic rings. The summed E-state index contributed by atoms with van der Waals surface area (Å²) in [6.07, 6.45) is -3.44. The number of hydrogen-bond acceptors (Lipinski definition) is 2. The number of halogens is 3. The predicted molar refractivity (Wildman–Crippen MR) is 43.8 cm³/mol. The molecule has 2 nitrogen and oxygen atoms in total. The lowest BCUT2D eigenvalue weighted by atomic mass is 9.86. The number of hydrogen-bond donors (Lipinski definition) is 1. The van der Waals surface area contributed by atoms with E-state index in [-0.39, 0.29) is 18.2 Å². The highest BCUT2D eigenvalue weighted by Gasteiger charge is 2.50. The molecule has 14 heavy (non-hydrogen) atoms. The normalized spacial score (nSPS) is 37.6. The average molecular weight is 207 g/mol. The molecule has 0 aromatic carbocycles. The molecule has 2 saturated heterocycles. The molecular weight excluding hydrogens is 195 g/mol. The van der Waals surface area contributed by atoms with Crippen LogP contribution in [0.25, 0.3) is 0 Å². The number of rotatable bonds is 1. The van der Waals surface area contributed by atoms with Crippen molar-refractivity contribution in [3.05, 3.63) is 0 Å². The minimum atomic E-state index is -4.18. The minimum Gasteiger partial charge on any atom is -0.307 e. The third-order valence-corrected chi connectivity index (χ3v) is 3.03. The van der Waals surface area contributed by atoms with Gasteiger partial charge in [-0.15, -0.1) is 0 Å². The standard InChI is InChI=1S/C9H12F3NO/c10-9(11,12)5-8-2-1-6(13-8)3-7(14)4-8/h6,13H,1-5H2. The van der Waals surface area contributed by atoms with Crippen LogP contribution in [0.3, 0.4) is 0 Å². The van der Waals surface area contributed by atoms with E-state index < -0.39 is 18.1 Å². The third kappa shape index (κ3) is 1.92. The number of alkyl halides is 3. The summed E-state index contributed by atoms with van der Waals surface area (Å²) in [5.74, 6) is -0.0319. The molecule has 2 fully saturated rings. The van der Waals surface area contributed by atoms with Crippen LogP contribution in [0.1, 0.15) is 32.1 Å². The van der Waals surface area contributed by atoms with Crippen LogP contribution < -0.4 is 5.32 Å². The first kappa shape index (κ1) is 9.96. The second kappa shape index (κ2) is 2.95. The Balaban J connectivity index is 2.12. The van der Waals surface area contributed by atoms with Gasteiger partial charge in [0.25, 0.3) is 0 Å². The zero-order chi connectivity index (χ0) is 10.4. The summed E-state index contributed by atoms with van der Waals surface area (Å²) in [6.45, 7) is 0. The summed E-state index contributed by atoms with van der Waals surface area (Å²) in [5, 5.41) is 2.95. The van der Waals surface area contributed by atoms with Crippen molar-refractivity contribution in [1.29, 1.82) is 0 Å². The maximum absolute atomic E-state index is 12.3. The number of piperidine rings is 1. The summed E-state index contributed by atoms with van der Waals surface area (Å²) in [6, 6.07) is -0.0152. The van der Waals surface area contributed by atoms with Gasteiger partial charge in [-0.1, -0.05) is 0 Å². The Morgan fingerprint density at radius 3 is 2.86 bits per heavy atom. The van der Waals surface area contributed by atoms with Crippen LogP contribution in [0.2, 0.25) is 0 Å². The Morgan fingerprint density at radius 1 is 1.50 bits per heavy atom. The van der Waals surface area contributed by atoms with Crippen LogP contribution in [0.4, 0.5) is 13.2 Å². The number of Topliss-reactive ketones (excluding diaryl/α,β-unsaturated/α-hetero) is 1. The first-order valence-electron chi connectivity index (χ1n) is 4.75. The summed E-state index contributed by atoms with van der Waals surface area (Å²) in [7, 11) is 0. The van der Waals surface area contributed by atoms with E-state index in [1.165, 1.54) is 0 Å². The van der Waals surface area contributed by atoms with Gasteiger partial charge in [0.2, 0.25) is 0 Å². The Kier molecular flexibility index (Phi) is 2.10. The van der Waals surface area contributed by atoms with Gasteiger partial charge in [-0.05, 0) is 12.8 Å². The van der Waals surface area contributed by atoms with Gasteiger partial charge in [-0.2, -0.15) is 13.2 Å². The Labute approximate surface area is 79.9 Å². The van der Waals surface area contributed by atoms with Crippen LogP contribution in [-0.4, -0.2) is 23.5 Å². The number of ketones is 1. The fraction of sp³-hybridized carbons (Fsp3) is 0.889. The van der Waals surface area contributed by atoms with Crippen molar-refractivity contribution in [3.63, 3.8) is 0 Å². The lowest BCUT2D eigenvalue weighted by Gasteiger charge is -2.34. The van der Waals surface area contributed by atoms with E-state index in [9.17, 15) is 18.0 Å². The first-order chi connectivity index (χ1) is 6.39. The largest absolute Gasteiger partial charge is 0.390 e. The van der Waals surface area contributed by atoms with E-state index in [1.54, 1.807) is 0 Å². The second-order valence-electron chi connectivity index (χ2n) is 4.37. The molecule has 2 bridgehead atoms. The molecule has 2 aliphatic rings. The number of carbonyl (C=O) groups excluding carboxylic acids is 1. The molecule has 2 atom stereocenters. The van der Waals surface area contributed by atoms with Crippen molar-refractivity contribution in [2.75, 3.05) is 0 Å². The van der Waals surface area contributed by atoms with Crippen molar-refractivity contribution in [3.8, 4) is 0 Å². The molecule has 2 unspecified atom stereocenters. The molecular formula is C9H12F3NO. The zero-order valence-corrected chi connectivity index (χ0v) is 7.66. The fourth-order valence-corrected chi connectivity index (χ4v) is 2.63. The van der Waals surface area contributed by atoms with Crippen LogP contribution in [0.5, 0.6) is 0 Å². The molecule has 1 N–H and O–H groups in total. The van der Waals surface area contributed by atoms with Crippen molar-refractivity contribution in [2.24, 2.45) is 0 Å². The van der Waals surface area contributed by atoms with Crippen molar-refractivity contribution < 1.29 is 18.0 Å². The highest BCUT2D eigenvalue weighted by atomic mass is 19.4. The third-order valence-electron chi connectivity index (χ3n) is 3.03. The molecule has 0 spiro atoms. The number of carbonyl (C=O) groups is 1. The van der Waals surface area contributed by atoms with E-state index >= 15 is 0 Å². The number of fused-ring (bicyclic) bond motifs is 2.